The predicted molar refractivity (Wildman–Crippen MR) is 70.5 cm³/mol. The quantitative estimate of drug-likeness (QED) is 0.870. The van der Waals surface area contributed by atoms with E-state index in [0.29, 0.717) is 5.56 Å². The van der Waals surface area contributed by atoms with Gasteiger partial charge in [-0.05, 0) is 25.0 Å². The number of carbonyl (C=O) groups is 1. The Hall–Kier alpha value is -2.43. The number of halogens is 1. The summed E-state index contributed by atoms with van der Waals surface area (Å²) in [6, 6.07) is 6.49. The maximum Gasteiger partial charge on any atom is 0.356 e. The molecule has 1 aromatic heterocycles. The zero-order valence-corrected chi connectivity index (χ0v) is 10.6. The van der Waals surface area contributed by atoms with E-state index in [1.165, 1.54) is 0 Å². The summed E-state index contributed by atoms with van der Waals surface area (Å²) in [6.07, 6.45) is 0. The lowest BCUT2D eigenvalue weighted by molar-refractivity contribution is 0.0692. The van der Waals surface area contributed by atoms with E-state index in [2.05, 4.69) is 4.98 Å². The van der Waals surface area contributed by atoms with Crippen molar-refractivity contribution in [1.29, 1.82) is 0 Å². The molecule has 0 aliphatic rings. The number of aromatic nitrogens is 1. The number of nitrogens with zero attached hydrogens (tertiary/aromatic N) is 1. The molecular weight excluding hydrogens is 247 g/mol. The molecule has 5 heteroatoms. The molecule has 1 aromatic carbocycles. The Morgan fingerprint density at radius 2 is 1.89 bits per heavy atom. The van der Waals surface area contributed by atoms with Crippen LogP contribution in [-0.4, -0.2) is 16.1 Å². The number of aryl methyl sites for hydroxylation is 2. The summed E-state index contributed by atoms with van der Waals surface area (Å²) in [7, 11) is 0. The van der Waals surface area contributed by atoms with Gasteiger partial charge in [0.15, 0.2) is 11.5 Å². The molecule has 0 fully saturated rings. The first kappa shape index (κ1) is 13.0. The number of carboxylic acid groups (broad SMARTS) is 1. The number of pyridine rings is 1. The normalized spacial score (nSPS) is 10.5. The highest BCUT2D eigenvalue weighted by atomic mass is 19.1. The largest absolute Gasteiger partial charge is 0.476 e. The third-order valence-corrected chi connectivity index (χ3v) is 2.93. The van der Waals surface area contributed by atoms with Gasteiger partial charge in [-0.2, -0.15) is 0 Å². The van der Waals surface area contributed by atoms with Gasteiger partial charge in [0, 0.05) is 11.6 Å². The molecule has 0 aliphatic heterocycles. The maximum atomic E-state index is 14.0. The number of nitrogen functional groups attached to an aromatic ring is 1. The third-order valence-electron chi connectivity index (χ3n) is 2.93. The molecule has 1 heterocycles. The number of hydrogen-bond donors (Lipinski definition) is 2. The van der Waals surface area contributed by atoms with Gasteiger partial charge in [0.05, 0.1) is 5.69 Å². The number of rotatable bonds is 2. The highest BCUT2D eigenvalue weighted by molar-refractivity contribution is 5.92. The predicted octanol–water partition coefficient (Wildman–Crippen LogP) is 2.78. The molecule has 2 aromatic rings. The van der Waals surface area contributed by atoms with E-state index in [9.17, 15) is 9.18 Å². The molecule has 4 nitrogen and oxygen atoms in total. The second-order valence-electron chi connectivity index (χ2n) is 4.33. The van der Waals surface area contributed by atoms with Gasteiger partial charge in [0.1, 0.15) is 5.69 Å². The van der Waals surface area contributed by atoms with Crippen molar-refractivity contribution in [3.05, 3.63) is 46.9 Å². The fraction of sp³-hybridized carbons (Fsp3) is 0.143. The van der Waals surface area contributed by atoms with Crippen LogP contribution in [0.5, 0.6) is 0 Å². The van der Waals surface area contributed by atoms with Crippen LogP contribution >= 0.6 is 0 Å². The van der Waals surface area contributed by atoms with Gasteiger partial charge in [-0.15, -0.1) is 0 Å². The number of aromatic carboxylic acids is 1. The first-order chi connectivity index (χ1) is 8.91. The lowest BCUT2D eigenvalue weighted by Crippen LogP contribution is -2.08. The van der Waals surface area contributed by atoms with Gasteiger partial charge in [0.25, 0.3) is 0 Å². The topological polar surface area (TPSA) is 76.2 Å². The first-order valence-electron chi connectivity index (χ1n) is 5.67. The molecule has 0 amide bonds. The van der Waals surface area contributed by atoms with E-state index < -0.39 is 11.8 Å². The van der Waals surface area contributed by atoms with Crippen molar-refractivity contribution in [2.45, 2.75) is 13.8 Å². The van der Waals surface area contributed by atoms with Crippen molar-refractivity contribution in [3.63, 3.8) is 0 Å². The van der Waals surface area contributed by atoms with Crippen molar-refractivity contribution in [2.24, 2.45) is 0 Å². The van der Waals surface area contributed by atoms with Crippen LogP contribution in [0, 0.1) is 19.7 Å². The number of anilines is 1. The summed E-state index contributed by atoms with van der Waals surface area (Å²) in [4.78, 5) is 14.9. The fourth-order valence-corrected chi connectivity index (χ4v) is 2.04. The molecule has 0 aliphatic carbocycles. The Morgan fingerprint density at radius 3 is 2.42 bits per heavy atom. The van der Waals surface area contributed by atoms with Crippen LogP contribution in [0.25, 0.3) is 11.3 Å². The zero-order chi connectivity index (χ0) is 14.2. The summed E-state index contributed by atoms with van der Waals surface area (Å²) in [5.74, 6) is -1.90. The third kappa shape index (κ3) is 2.27. The SMILES string of the molecule is Cc1cccc(C)c1-c1nc(C(=O)O)c(N)cc1F. The Balaban J connectivity index is 2.76. The van der Waals surface area contributed by atoms with E-state index in [1.807, 2.05) is 32.0 Å². The van der Waals surface area contributed by atoms with Gasteiger partial charge >= 0.3 is 5.97 Å². The van der Waals surface area contributed by atoms with Gasteiger partial charge in [-0.3, -0.25) is 0 Å². The van der Waals surface area contributed by atoms with E-state index in [0.717, 1.165) is 17.2 Å². The van der Waals surface area contributed by atoms with Crippen LogP contribution < -0.4 is 5.73 Å². The minimum Gasteiger partial charge on any atom is -0.476 e. The molecular formula is C14H13FN2O2. The second-order valence-corrected chi connectivity index (χ2v) is 4.33. The van der Waals surface area contributed by atoms with Crippen LogP contribution in [0.3, 0.4) is 0 Å². The summed E-state index contributed by atoms with van der Waals surface area (Å²) in [6.45, 7) is 3.64. The molecule has 0 unspecified atom stereocenters. The molecule has 0 bridgehead atoms. The summed E-state index contributed by atoms with van der Waals surface area (Å²) in [5.41, 5.74) is 7.22. The minimum atomic E-state index is -1.27. The highest BCUT2D eigenvalue weighted by Gasteiger charge is 2.18. The average Bonchev–Trinajstić information content (AvgIpc) is 2.30. The summed E-state index contributed by atoms with van der Waals surface area (Å²) >= 11 is 0. The van der Waals surface area contributed by atoms with Crippen LogP contribution in [-0.2, 0) is 0 Å². The molecule has 19 heavy (non-hydrogen) atoms. The molecule has 0 saturated heterocycles. The molecule has 2 rings (SSSR count). The van der Waals surface area contributed by atoms with E-state index in [1.54, 1.807) is 0 Å². The Kier molecular flexibility index (Phi) is 3.21. The first-order valence-corrected chi connectivity index (χ1v) is 5.67. The van der Waals surface area contributed by atoms with Crippen molar-refractivity contribution >= 4 is 11.7 Å². The monoisotopic (exact) mass is 260 g/mol. The number of carboxylic acids is 1. The highest BCUT2D eigenvalue weighted by Crippen LogP contribution is 2.29. The van der Waals surface area contributed by atoms with Gasteiger partial charge in [0.2, 0.25) is 0 Å². The summed E-state index contributed by atoms with van der Waals surface area (Å²) in [5, 5.41) is 9.00. The van der Waals surface area contributed by atoms with E-state index in [4.69, 9.17) is 10.8 Å². The fourth-order valence-electron chi connectivity index (χ4n) is 2.04. The second kappa shape index (κ2) is 4.68. The molecule has 3 N–H and O–H groups in total. The Bertz CT molecular complexity index is 648. The molecule has 0 radical (unpaired) electrons. The Morgan fingerprint density at radius 1 is 1.32 bits per heavy atom. The number of nitrogens with two attached hydrogens (primary N) is 1. The average molecular weight is 260 g/mol. The number of benzene rings is 1. The van der Waals surface area contributed by atoms with Crippen LogP contribution in [0.1, 0.15) is 21.6 Å². The minimum absolute atomic E-state index is 0.0159. The zero-order valence-electron chi connectivity index (χ0n) is 10.6. The molecule has 0 atom stereocenters. The Labute approximate surface area is 109 Å². The van der Waals surface area contributed by atoms with Crippen LogP contribution in [0.2, 0.25) is 0 Å². The molecule has 0 spiro atoms. The smallest absolute Gasteiger partial charge is 0.356 e. The lowest BCUT2D eigenvalue weighted by Gasteiger charge is -2.11. The molecule has 98 valence electrons. The van der Waals surface area contributed by atoms with Crippen molar-refractivity contribution < 1.29 is 14.3 Å². The van der Waals surface area contributed by atoms with E-state index >= 15 is 0 Å². The summed E-state index contributed by atoms with van der Waals surface area (Å²) < 4.78 is 14.0. The van der Waals surface area contributed by atoms with Crippen molar-refractivity contribution in [1.82, 2.24) is 4.98 Å². The van der Waals surface area contributed by atoms with E-state index in [-0.39, 0.29) is 17.1 Å². The van der Waals surface area contributed by atoms with Gasteiger partial charge in [-0.1, -0.05) is 18.2 Å². The van der Waals surface area contributed by atoms with Crippen molar-refractivity contribution in [2.75, 3.05) is 5.73 Å². The van der Waals surface area contributed by atoms with Crippen LogP contribution in [0.15, 0.2) is 24.3 Å². The molecule has 0 saturated carbocycles. The van der Waals surface area contributed by atoms with Crippen molar-refractivity contribution in [3.8, 4) is 11.3 Å². The maximum absolute atomic E-state index is 14.0. The lowest BCUT2D eigenvalue weighted by atomic mass is 9.99. The van der Waals surface area contributed by atoms with Gasteiger partial charge in [-0.25, -0.2) is 14.2 Å². The van der Waals surface area contributed by atoms with Crippen LogP contribution in [0.4, 0.5) is 10.1 Å². The van der Waals surface area contributed by atoms with Gasteiger partial charge < -0.3 is 10.8 Å². The standard InChI is InChI=1S/C14H13FN2O2/c1-7-4-3-5-8(2)11(7)12-9(15)6-10(16)13(17-12)14(18)19/h3-6H,16H2,1-2H3,(H,18,19). The number of hydrogen-bond acceptors (Lipinski definition) is 3.